The van der Waals surface area contributed by atoms with Crippen molar-refractivity contribution in [1.29, 1.82) is 0 Å². The Bertz CT molecular complexity index is 1070. The van der Waals surface area contributed by atoms with E-state index in [4.69, 9.17) is 4.74 Å². The summed E-state index contributed by atoms with van der Waals surface area (Å²) in [5.41, 5.74) is -0.158. The third-order valence-electron chi connectivity index (χ3n) is 12.5. The molecule has 0 aromatic heterocycles. The Hall–Kier alpha value is -1.71. The van der Waals surface area contributed by atoms with Crippen LogP contribution >= 0.6 is 0 Å². The van der Waals surface area contributed by atoms with Gasteiger partial charge < -0.3 is 4.74 Å². The zero-order valence-electron chi connectivity index (χ0n) is 23.0. The zero-order valence-corrected chi connectivity index (χ0v) is 23.0. The lowest BCUT2D eigenvalue weighted by Gasteiger charge is -2.69. The molecule has 0 unspecified atom stereocenters. The van der Waals surface area contributed by atoms with Gasteiger partial charge in [0.25, 0.3) is 0 Å². The van der Waals surface area contributed by atoms with Crippen molar-refractivity contribution in [2.24, 2.45) is 50.2 Å². The van der Waals surface area contributed by atoms with Crippen molar-refractivity contribution in [2.75, 3.05) is 7.11 Å². The Morgan fingerprint density at radius 2 is 1.60 bits per heavy atom. The lowest BCUT2D eigenvalue weighted by Crippen LogP contribution is -2.65. The SMILES string of the molecule is COC(=O)[C@@]1(C)CC[C@]2(C)CC[C@]3(C)C(=CC(=O)[C@@H]4[C@@]5(C)C=CC(=O)C(C)(C)[C@@H]5CC[C@]43C)[C@@H]2C1. The molecule has 0 radical (unpaired) electrons. The minimum Gasteiger partial charge on any atom is -0.469 e. The number of ketones is 2. The van der Waals surface area contributed by atoms with E-state index in [0.29, 0.717) is 0 Å². The highest BCUT2D eigenvalue weighted by Gasteiger charge is 2.69. The van der Waals surface area contributed by atoms with Gasteiger partial charge in [-0.15, -0.1) is 0 Å². The molecule has 0 heterocycles. The molecule has 5 rings (SSSR count). The second-order valence-corrected chi connectivity index (χ2v) is 14.5. The Labute approximate surface area is 211 Å². The van der Waals surface area contributed by atoms with Crippen LogP contribution in [0.3, 0.4) is 0 Å². The molecule has 35 heavy (non-hydrogen) atoms. The summed E-state index contributed by atoms with van der Waals surface area (Å²) in [5, 5.41) is 0. The van der Waals surface area contributed by atoms with Crippen molar-refractivity contribution >= 4 is 17.5 Å². The topological polar surface area (TPSA) is 60.4 Å². The van der Waals surface area contributed by atoms with Crippen LogP contribution < -0.4 is 0 Å². The number of allylic oxidation sites excluding steroid dienone is 4. The maximum Gasteiger partial charge on any atom is 0.311 e. The first-order valence-electron chi connectivity index (χ1n) is 13.7. The summed E-state index contributed by atoms with van der Waals surface area (Å²) >= 11 is 0. The Morgan fingerprint density at radius 3 is 2.26 bits per heavy atom. The van der Waals surface area contributed by atoms with Crippen LogP contribution in [0.25, 0.3) is 0 Å². The van der Waals surface area contributed by atoms with E-state index < -0.39 is 10.8 Å². The molecule has 3 fully saturated rings. The van der Waals surface area contributed by atoms with Gasteiger partial charge in [-0.05, 0) is 92.1 Å². The van der Waals surface area contributed by atoms with E-state index >= 15 is 0 Å². The minimum atomic E-state index is -0.501. The van der Waals surface area contributed by atoms with Crippen LogP contribution in [-0.2, 0) is 19.1 Å². The van der Waals surface area contributed by atoms with Crippen LogP contribution in [0, 0.1) is 50.2 Å². The number of ether oxygens (including phenoxy) is 1. The lowest BCUT2D eigenvalue weighted by atomic mass is 9.34. The Morgan fingerprint density at radius 1 is 0.943 bits per heavy atom. The predicted molar refractivity (Wildman–Crippen MR) is 136 cm³/mol. The largest absolute Gasteiger partial charge is 0.469 e. The number of carbonyl (C=O) groups is 3. The molecule has 4 nitrogen and oxygen atoms in total. The average Bonchev–Trinajstić information content (AvgIpc) is 2.78. The van der Waals surface area contributed by atoms with Gasteiger partial charge in [0.15, 0.2) is 11.6 Å². The van der Waals surface area contributed by atoms with Crippen LogP contribution in [-0.4, -0.2) is 24.6 Å². The van der Waals surface area contributed by atoms with Crippen LogP contribution in [0.15, 0.2) is 23.8 Å². The second kappa shape index (κ2) is 7.19. The highest BCUT2D eigenvalue weighted by Crippen LogP contribution is 2.74. The van der Waals surface area contributed by atoms with Gasteiger partial charge in [-0.3, -0.25) is 14.4 Å². The minimum absolute atomic E-state index is 0.0997. The number of esters is 1. The predicted octanol–water partition coefficient (Wildman–Crippen LogP) is 6.49. The van der Waals surface area contributed by atoms with Crippen LogP contribution in [0.1, 0.15) is 93.4 Å². The van der Waals surface area contributed by atoms with Crippen molar-refractivity contribution in [1.82, 2.24) is 0 Å². The molecule has 0 aromatic rings. The van der Waals surface area contributed by atoms with Gasteiger partial charge in [-0.2, -0.15) is 0 Å². The lowest BCUT2D eigenvalue weighted by molar-refractivity contribution is -0.172. The molecule has 0 bridgehead atoms. The molecule has 5 aliphatic rings. The summed E-state index contributed by atoms with van der Waals surface area (Å²) in [6.07, 6.45) is 12.6. The fraction of sp³-hybridized carbons (Fsp3) is 0.774. The standard InChI is InChI=1S/C31H44O4/c1-26(2)22-9-12-31(7)24(29(22,5)11-10-23(26)33)21(32)17-19-20-18-28(4,25(34)35-8)14-13-27(20,3)15-16-30(19,31)6/h10-11,17,20,22,24H,9,12-16,18H2,1-8H3/t20-,22-,24+,27+,28-,29-,30+,31+/m0/s1. The van der Waals surface area contributed by atoms with Crippen LogP contribution in [0.5, 0.6) is 0 Å². The first kappa shape index (κ1) is 25.0. The zero-order chi connectivity index (χ0) is 25.8. The van der Waals surface area contributed by atoms with E-state index in [9.17, 15) is 14.4 Å². The van der Waals surface area contributed by atoms with Gasteiger partial charge in [0.2, 0.25) is 0 Å². The third-order valence-corrected chi connectivity index (χ3v) is 12.5. The smallest absolute Gasteiger partial charge is 0.311 e. The number of carbonyl (C=O) groups excluding carboxylic acids is 3. The molecule has 0 spiro atoms. The molecule has 5 aliphatic carbocycles. The fourth-order valence-corrected chi connectivity index (χ4v) is 9.92. The third kappa shape index (κ3) is 2.95. The summed E-state index contributed by atoms with van der Waals surface area (Å²) in [6.45, 7) is 15.6. The molecule has 0 aromatic carbocycles. The number of rotatable bonds is 1. The van der Waals surface area contributed by atoms with Crippen molar-refractivity contribution in [3.05, 3.63) is 23.8 Å². The van der Waals surface area contributed by atoms with Crippen molar-refractivity contribution < 1.29 is 19.1 Å². The number of methoxy groups -OCH3 is 1. The molecule has 192 valence electrons. The summed E-state index contributed by atoms with van der Waals surface area (Å²) < 4.78 is 5.23. The molecule has 0 aliphatic heterocycles. The molecule has 8 atom stereocenters. The first-order valence-corrected chi connectivity index (χ1v) is 13.7. The Balaban J connectivity index is 1.64. The highest BCUT2D eigenvalue weighted by atomic mass is 16.5. The first-order chi connectivity index (χ1) is 16.1. The van der Waals surface area contributed by atoms with Crippen LogP contribution in [0.4, 0.5) is 0 Å². The van der Waals surface area contributed by atoms with Crippen molar-refractivity contribution in [3.63, 3.8) is 0 Å². The van der Waals surface area contributed by atoms with Gasteiger partial charge in [-0.25, -0.2) is 0 Å². The summed E-state index contributed by atoms with van der Waals surface area (Å²) in [4.78, 5) is 39.9. The molecule has 0 N–H and O–H groups in total. The maximum atomic E-state index is 14.2. The quantitative estimate of drug-likeness (QED) is 0.403. The van der Waals surface area contributed by atoms with Crippen molar-refractivity contribution in [2.45, 2.75) is 93.4 Å². The Kier molecular flexibility index (Phi) is 5.13. The molecular formula is C31H44O4. The van der Waals surface area contributed by atoms with Gasteiger partial charge in [0.1, 0.15) is 0 Å². The van der Waals surface area contributed by atoms with E-state index in [1.807, 2.05) is 6.08 Å². The normalized spacial score (nSPS) is 50.3. The second-order valence-electron chi connectivity index (χ2n) is 14.5. The molecular weight excluding hydrogens is 436 g/mol. The van der Waals surface area contributed by atoms with E-state index in [1.165, 1.54) is 12.7 Å². The van der Waals surface area contributed by atoms with E-state index in [-0.39, 0.29) is 56.9 Å². The molecule has 4 heteroatoms. The number of fused-ring (bicyclic) bond motifs is 7. The van der Waals surface area contributed by atoms with Crippen LogP contribution in [0.2, 0.25) is 0 Å². The fourth-order valence-electron chi connectivity index (χ4n) is 9.92. The molecule has 0 saturated heterocycles. The van der Waals surface area contributed by atoms with E-state index in [1.54, 1.807) is 6.08 Å². The van der Waals surface area contributed by atoms with Gasteiger partial charge in [0, 0.05) is 16.7 Å². The van der Waals surface area contributed by atoms with E-state index in [2.05, 4.69) is 54.5 Å². The van der Waals surface area contributed by atoms with Crippen molar-refractivity contribution in [3.8, 4) is 0 Å². The number of hydrogen-bond donors (Lipinski definition) is 0. The van der Waals surface area contributed by atoms with Gasteiger partial charge >= 0.3 is 5.97 Å². The monoisotopic (exact) mass is 480 g/mol. The van der Waals surface area contributed by atoms with Gasteiger partial charge in [-0.1, -0.05) is 53.2 Å². The average molecular weight is 481 g/mol. The molecule has 0 amide bonds. The summed E-state index contributed by atoms with van der Waals surface area (Å²) in [6, 6.07) is 0. The van der Waals surface area contributed by atoms with Gasteiger partial charge in [0.05, 0.1) is 12.5 Å². The summed E-state index contributed by atoms with van der Waals surface area (Å²) in [7, 11) is 1.49. The van der Waals surface area contributed by atoms with E-state index in [0.717, 1.165) is 44.9 Å². The number of hydrogen-bond acceptors (Lipinski definition) is 4. The summed E-state index contributed by atoms with van der Waals surface area (Å²) in [5.74, 6) is 0.547. The maximum absolute atomic E-state index is 14.2. The highest BCUT2D eigenvalue weighted by molar-refractivity contribution is 5.99. The molecule has 3 saturated carbocycles.